The Morgan fingerprint density at radius 1 is 1.40 bits per heavy atom. The monoisotopic (exact) mass is 147 g/mol. The summed E-state index contributed by atoms with van der Waals surface area (Å²) < 4.78 is 4.86. The summed E-state index contributed by atoms with van der Waals surface area (Å²) in [5, 5.41) is 2.25. The van der Waals surface area contributed by atoms with Gasteiger partial charge in [0.2, 0.25) is 0 Å². The molecule has 0 bridgehead atoms. The van der Waals surface area contributed by atoms with E-state index in [1.807, 2.05) is 13.8 Å². The molecule has 0 aliphatic heterocycles. The van der Waals surface area contributed by atoms with Gasteiger partial charge < -0.3 is 4.74 Å². The molecule has 1 aliphatic rings. The molecule has 0 radical (unpaired) electrons. The lowest BCUT2D eigenvalue weighted by Crippen LogP contribution is -1.79. The van der Waals surface area contributed by atoms with E-state index in [2.05, 4.69) is 5.18 Å². The van der Waals surface area contributed by atoms with Crippen LogP contribution in [0.3, 0.4) is 0 Å². The second-order valence-corrected chi connectivity index (χ2v) is 1.62. The Morgan fingerprint density at radius 2 is 1.70 bits per heavy atom. The van der Waals surface area contributed by atoms with Gasteiger partial charge in [-0.2, -0.15) is 4.91 Å². The highest BCUT2D eigenvalue weighted by Crippen LogP contribution is 2.21. The van der Waals surface area contributed by atoms with Gasteiger partial charge in [0.05, 0.1) is 13.2 Å². The topological polar surface area (TPSA) is 38.7 Å². The lowest BCUT2D eigenvalue weighted by atomic mass is 10.9. The molecule has 10 heavy (non-hydrogen) atoms. The number of ether oxygens (including phenoxy) is 1. The van der Waals surface area contributed by atoms with Crippen LogP contribution in [-0.2, 0) is 4.74 Å². The van der Waals surface area contributed by atoms with Gasteiger partial charge in [-0.25, -0.2) is 0 Å². The minimum absolute atomic E-state index is 0.634. The number of hydrogen-bond acceptors (Lipinski definition) is 3. The van der Waals surface area contributed by atoms with E-state index in [4.69, 9.17) is 9.64 Å². The van der Waals surface area contributed by atoms with Crippen LogP contribution < -0.4 is 0 Å². The second-order valence-electron chi connectivity index (χ2n) is 1.62. The van der Waals surface area contributed by atoms with Crippen molar-refractivity contribution in [3.05, 3.63) is 4.91 Å². The van der Waals surface area contributed by atoms with Crippen LogP contribution in [-0.4, -0.2) is 20.3 Å². The van der Waals surface area contributed by atoms with E-state index in [-0.39, 0.29) is 0 Å². The van der Waals surface area contributed by atoms with Crippen molar-refractivity contribution in [3.8, 4) is 0 Å². The van der Waals surface area contributed by atoms with Crippen LogP contribution in [0.15, 0.2) is 5.18 Å². The van der Waals surface area contributed by atoms with Crippen LogP contribution in [0.1, 0.15) is 26.7 Å². The third-order valence-corrected chi connectivity index (χ3v) is 0.858. The minimum Gasteiger partial charge on any atom is -0.381 e. The van der Waals surface area contributed by atoms with Crippen molar-refractivity contribution >= 4 is 0 Å². The van der Waals surface area contributed by atoms with Gasteiger partial charge in [-0.05, 0) is 12.8 Å². The zero-order valence-electron chi connectivity index (χ0n) is 7.26. The summed E-state index contributed by atoms with van der Waals surface area (Å²) in [6.45, 7) is 4.00. The number of nitroso groups, excluding NO2 is 1. The number of rotatable bonds is 1. The van der Waals surface area contributed by atoms with Crippen molar-refractivity contribution in [1.82, 2.24) is 0 Å². The molecule has 0 spiro atoms. The maximum atomic E-state index is 8.56. The molecule has 0 heterocycles. The van der Waals surface area contributed by atoms with Crippen molar-refractivity contribution in [2.45, 2.75) is 32.8 Å². The molecule has 1 fully saturated rings. The van der Waals surface area contributed by atoms with Crippen molar-refractivity contribution in [2.75, 3.05) is 14.2 Å². The Balaban J connectivity index is 0. The van der Waals surface area contributed by atoms with Gasteiger partial charge in [-0.1, -0.05) is 19.0 Å². The predicted molar refractivity (Wildman–Crippen MR) is 43.1 cm³/mol. The van der Waals surface area contributed by atoms with Gasteiger partial charge >= 0.3 is 0 Å². The number of nitrogens with zero attached hydrogens (tertiary/aromatic N) is 1. The fourth-order valence-electron chi connectivity index (χ4n) is 0.304. The molecule has 3 nitrogen and oxygen atoms in total. The van der Waals surface area contributed by atoms with Gasteiger partial charge in [0.15, 0.2) is 0 Å². The largest absolute Gasteiger partial charge is 0.381 e. The Kier molecular flexibility index (Phi) is 13.9. The number of hydrogen-bond donors (Lipinski definition) is 0. The summed E-state index contributed by atoms with van der Waals surface area (Å²) in [5.74, 6) is 0. The van der Waals surface area contributed by atoms with Crippen LogP contribution in [0, 0.1) is 4.91 Å². The normalized spacial score (nSPS) is 13.6. The third-order valence-electron chi connectivity index (χ3n) is 0.858. The maximum Gasteiger partial charge on any atom is 0.0700 e. The van der Waals surface area contributed by atoms with Crippen LogP contribution in [0.2, 0.25) is 0 Å². The average Bonchev–Trinajstić information content (AvgIpc) is 2.75. The van der Waals surface area contributed by atoms with E-state index >= 15 is 0 Å². The first-order chi connectivity index (χ1) is 4.85. The minimum atomic E-state index is 0.634. The third kappa shape index (κ3) is 15.6. The van der Waals surface area contributed by atoms with E-state index in [1.165, 1.54) is 19.9 Å². The molecular formula is C7H17NO2. The van der Waals surface area contributed by atoms with Crippen LogP contribution in [0.4, 0.5) is 0 Å². The molecule has 1 saturated carbocycles. The smallest absolute Gasteiger partial charge is 0.0700 e. The predicted octanol–water partition coefficient (Wildman–Crippen LogP) is 2.20. The first kappa shape index (κ1) is 12.3. The van der Waals surface area contributed by atoms with E-state index < -0.39 is 0 Å². The second kappa shape index (κ2) is 11.4. The summed E-state index contributed by atoms with van der Waals surface area (Å²) in [4.78, 5) is 8.56. The zero-order valence-corrected chi connectivity index (χ0v) is 7.26. The standard InChI is InChI=1S/C4H8O.C2H6.CH3NO/c1-5-4-2-3-4;1-2;1-2-3/h4H,2-3H2,1H3;1-2H3;1H3. The van der Waals surface area contributed by atoms with Gasteiger partial charge in [-0.3, -0.25) is 0 Å². The van der Waals surface area contributed by atoms with Gasteiger partial charge in [0, 0.05) is 7.11 Å². The first-order valence-electron chi connectivity index (χ1n) is 3.59. The highest BCUT2D eigenvalue weighted by Gasteiger charge is 2.19. The molecular weight excluding hydrogens is 130 g/mol. The maximum absolute atomic E-state index is 8.56. The van der Waals surface area contributed by atoms with E-state index in [9.17, 15) is 0 Å². The zero-order chi connectivity index (χ0) is 8.41. The Morgan fingerprint density at radius 3 is 1.70 bits per heavy atom. The van der Waals surface area contributed by atoms with E-state index in [0.29, 0.717) is 6.10 Å². The Hall–Kier alpha value is -0.440. The highest BCUT2D eigenvalue weighted by molar-refractivity contribution is 4.71. The Bertz CT molecular complexity index is 62.6. The molecule has 0 amide bonds. The number of methoxy groups -OCH3 is 1. The highest BCUT2D eigenvalue weighted by atomic mass is 16.5. The molecule has 0 N–H and O–H groups in total. The van der Waals surface area contributed by atoms with Gasteiger partial charge in [0.1, 0.15) is 0 Å². The van der Waals surface area contributed by atoms with Crippen molar-refractivity contribution in [2.24, 2.45) is 5.18 Å². The molecule has 1 aliphatic carbocycles. The van der Waals surface area contributed by atoms with Crippen LogP contribution in [0.25, 0.3) is 0 Å². The Labute approximate surface area is 62.7 Å². The van der Waals surface area contributed by atoms with Crippen LogP contribution in [0.5, 0.6) is 0 Å². The van der Waals surface area contributed by atoms with Gasteiger partial charge in [0.25, 0.3) is 0 Å². The quantitative estimate of drug-likeness (QED) is 0.533. The molecule has 0 aromatic rings. The molecule has 0 aromatic carbocycles. The summed E-state index contributed by atoms with van der Waals surface area (Å²) >= 11 is 0. The molecule has 0 aromatic heterocycles. The summed E-state index contributed by atoms with van der Waals surface area (Å²) in [6.07, 6.45) is 3.21. The molecule has 62 valence electrons. The van der Waals surface area contributed by atoms with E-state index in [0.717, 1.165) is 0 Å². The van der Waals surface area contributed by atoms with E-state index in [1.54, 1.807) is 7.11 Å². The first-order valence-corrected chi connectivity index (χ1v) is 3.59. The van der Waals surface area contributed by atoms with Crippen molar-refractivity contribution in [3.63, 3.8) is 0 Å². The van der Waals surface area contributed by atoms with Crippen molar-refractivity contribution in [1.29, 1.82) is 0 Å². The lowest BCUT2D eigenvalue weighted by molar-refractivity contribution is 0.183. The summed E-state index contributed by atoms with van der Waals surface area (Å²) in [6, 6.07) is 0. The molecule has 0 saturated heterocycles. The SMILES string of the molecule is CC.CN=O.COC1CC1. The fourth-order valence-corrected chi connectivity index (χ4v) is 0.304. The molecule has 1 rings (SSSR count). The lowest BCUT2D eigenvalue weighted by Gasteiger charge is -1.80. The summed E-state index contributed by atoms with van der Waals surface area (Å²) in [7, 11) is 2.96. The van der Waals surface area contributed by atoms with Gasteiger partial charge in [-0.15, -0.1) is 0 Å². The fraction of sp³-hybridized carbons (Fsp3) is 1.00. The average molecular weight is 147 g/mol. The molecule has 0 unspecified atom stereocenters. The van der Waals surface area contributed by atoms with Crippen LogP contribution >= 0.6 is 0 Å². The molecule has 3 heteroatoms. The van der Waals surface area contributed by atoms with Crippen molar-refractivity contribution < 1.29 is 4.74 Å². The summed E-state index contributed by atoms with van der Waals surface area (Å²) in [5.41, 5.74) is 0. The molecule has 0 atom stereocenters.